The number of esters is 1. The minimum absolute atomic E-state index is 0.0368. The van der Waals surface area contributed by atoms with E-state index in [4.69, 9.17) is 19.9 Å². The number of carbonyl (C=O) groups excluding carboxylic acids is 2. The Morgan fingerprint density at radius 1 is 1.24 bits per heavy atom. The van der Waals surface area contributed by atoms with Gasteiger partial charge in [-0.05, 0) is 13.0 Å². The molecule has 0 radical (unpaired) electrons. The summed E-state index contributed by atoms with van der Waals surface area (Å²) in [6.07, 6.45) is 2.56. The van der Waals surface area contributed by atoms with Gasteiger partial charge in [-0.15, -0.1) is 4.31 Å². The molecule has 0 aromatic carbocycles. The van der Waals surface area contributed by atoms with E-state index in [1.54, 1.807) is 14.0 Å². The zero-order chi connectivity index (χ0) is 21.8. The van der Waals surface area contributed by atoms with Gasteiger partial charge in [-0.2, -0.15) is 9.97 Å². The van der Waals surface area contributed by atoms with E-state index < -0.39 is 32.9 Å². The second-order valence-electron chi connectivity index (χ2n) is 5.63. The quantitative estimate of drug-likeness (QED) is 0.587. The van der Waals surface area contributed by atoms with E-state index in [9.17, 15) is 18.0 Å². The van der Waals surface area contributed by atoms with Gasteiger partial charge in [0, 0.05) is 19.8 Å². The molecule has 0 atom stereocenters. The zero-order valence-electron chi connectivity index (χ0n) is 16.3. The maximum atomic E-state index is 13.3. The first-order chi connectivity index (χ1) is 13.6. The third-order valence-corrected chi connectivity index (χ3v) is 5.37. The molecule has 1 aliphatic rings. The number of rotatable bonds is 7. The lowest BCUT2D eigenvalue weighted by molar-refractivity contribution is -0.138. The van der Waals surface area contributed by atoms with Crippen molar-refractivity contribution in [3.05, 3.63) is 28.8 Å². The molecule has 0 unspecified atom stereocenters. The number of sulfonamides is 1. The highest BCUT2D eigenvalue weighted by Crippen LogP contribution is 2.30. The van der Waals surface area contributed by atoms with Gasteiger partial charge < -0.3 is 24.8 Å². The molecule has 0 aliphatic carbocycles. The molecule has 2 rings (SSSR count). The van der Waals surface area contributed by atoms with Crippen LogP contribution in [-0.2, 0) is 19.6 Å². The normalized spacial score (nSPS) is 13.9. The van der Waals surface area contributed by atoms with Crippen LogP contribution in [0.3, 0.4) is 0 Å². The molecule has 0 saturated carbocycles. The average Bonchev–Trinajstić information content (AvgIpc) is 2.67. The number of amides is 2. The monoisotopic (exact) mass is 427 g/mol. The summed E-state index contributed by atoms with van der Waals surface area (Å²) in [6, 6.07) is -0.106. The molecule has 1 aromatic rings. The minimum atomic E-state index is -4.70. The SMILES string of the molecule is CCOC(=O)C1=CCN(C)C=C1S(=O)(=O)N(C(N)=O)c1nc(OC)cc(OC)n1. The number of urea groups is 1. The summed E-state index contributed by atoms with van der Waals surface area (Å²) in [5.74, 6) is -1.59. The number of nitrogens with two attached hydrogens (primary N) is 1. The minimum Gasteiger partial charge on any atom is -0.481 e. The lowest BCUT2D eigenvalue weighted by Gasteiger charge is -2.26. The van der Waals surface area contributed by atoms with Crippen molar-refractivity contribution in [3.8, 4) is 11.8 Å². The second-order valence-corrected chi connectivity index (χ2v) is 7.39. The summed E-state index contributed by atoms with van der Waals surface area (Å²) in [5, 5.41) is 0. The summed E-state index contributed by atoms with van der Waals surface area (Å²) < 4.78 is 41.7. The van der Waals surface area contributed by atoms with Crippen molar-refractivity contribution < 1.29 is 32.2 Å². The van der Waals surface area contributed by atoms with E-state index in [1.165, 1.54) is 37.5 Å². The van der Waals surface area contributed by atoms with Crippen LogP contribution in [0.4, 0.5) is 10.7 Å². The fourth-order valence-corrected chi connectivity index (χ4v) is 3.86. The molecule has 158 valence electrons. The summed E-state index contributed by atoms with van der Waals surface area (Å²) in [5.41, 5.74) is 5.10. The molecule has 0 fully saturated rings. The molecule has 12 nitrogen and oxygen atoms in total. The molecule has 2 amide bonds. The maximum absolute atomic E-state index is 13.3. The molecule has 1 aromatic heterocycles. The number of nitrogens with zero attached hydrogens (tertiary/aromatic N) is 4. The Kier molecular flexibility index (Phi) is 6.64. The van der Waals surface area contributed by atoms with Gasteiger partial charge in [0.25, 0.3) is 16.0 Å². The van der Waals surface area contributed by atoms with Crippen LogP contribution in [0.25, 0.3) is 0 Å². The first kappa shape index (κ1) is 21.9. The Labute approximate surface area is 167 Å². The lowest BCUT2D eigenvalue weighted by atomic mass is 10.2. The van der Waals surface area contributed by atoms with Crippen molar-refractivity contribution in [2.45, 2.75) is 6.92 Å². The van der Waals surface area contributed by atoms with Crippen LogP contribution in [0.1, 0.15) is 6.92 Å². The molecule has 0 spiro atoms. The van der Waals surface area contributed by atoms with E-state index in [0.29, 0.717) is 0 Å². The molecular weight excluding hydrogens is 406 g/mol. The second kappa shape index (κ2) is 8.77. The van der Waals surface area contributed by atoms with Crippen LogP contribution in [0.15, 0.2) is 28.8 Å². The molecule has 29 heavy (non-hydrogen) atoms. The number of ether oxygens (including phenoxy) is 3. The predicted molar refractivity (Wildman–Crippen MR) is 102 cm³/mol. The highest BCUT2D eigenvalue weighted by atomic mass is 32.2. The highest BCUT2D eigenvalue weighted by Gasteiger charge is 2.39. The molecule has 13 heteroatoms. The van der Waals surface area contributed by atoms with Gasteiger partial charge in [0.15, 0.2) is 0 Å². The third kappa shape index (κ3) is 4.56. The third-order valence-electron chi connectivity index (χ3n) is 3.67. The number of primary amides is 1. The Morgan fingerprint density at radius 3 is 2.31 bits per heavy atom. The van der Waals surface area contributed by atoms with Crippen molar-refractivity contribution in [1.82, 2.24) is 14.9 Å². The van der Waals surface area contributed by atoms with Gasteiger partial charge in [0.05, 0.1) is 32.5 Å². The van der Waals surface area contributed by atoms with Crippen molar-refractivity contribution in [2.24, 2.45) is 5.73 Å². The Hall–Kier alpha value is -3.35. The zero-order valence-corrected chi connectivity index (χ0v) is 17.1. The van der Waals surface area contributed by atoms with E-state index >= 15 is 0 Å². The summed E-state index contributed by atoms with van der Waals surface area (Å²) in [4.78, 5) is 33.1. The first-order valence-corrected chi connectivity index (χ1v) is 9.71. The standard InChI is InChI=1S/C16H21N5O7S/c1-5-28-14(22)10-6-7-20(2)9-11(10)29(24,25)21(15(17)23)16-18-12(26-3)8-13(19-16)27-4/h6,8-9H,5,7H2,1-4H3,(H2,17,23). The molecule has 2 heterocycles. The number of hydrogen-bond donors (Lipinski definition) is 1. The van der Waals surface area contributed by atoms with Crippen molar-refractivity contribution in [2.75, 3.05) is 38.7 Å². The van der Waals surface area contributed by atoms with Crippen LogP contribution in [0, 0.1) is 0 Å². The van der Waals surface area contributed by atoms with Gasteiger partial charge in [-0.25, -0.2) is 18.0 Å². The number of hydrogen-bond acceptors (Lipinski definition) is 10. The molecule has 2 N–H and O–H groups in total. The van der Waals surface area contributed by atoms with Crippen LogP contribution in [-0.4, -0.2) is 69.7 Å². The fraction of sp³-hybridized carbons (Fsp3) is 0.375. The number of anilines is 1. The summed E-state index contributed by atoms with van der Waals surface area (Å²) in [7, 11) is -0.535. The number of likely N-dealkylation sites (N-methyl/N-ethyl adjacent to an activating group) is 1. The van der Waals surface area contributed by atoms with Crippen LogP contribution >= 0.6 is 0 Å². The molecule has 0 bridgehead atoms. The maximum Gasteiger partial charge on any atom is 0.339 e. The number of methoxy groups -OCH3 is 2. The molecular formula is C16H21N5O7S. The lowest BCUT2D eigenvalue weighted by Crippen LogP contribution is -2.44. The van der Waals surface area contributed by atoms with Crippen LogP contribution < -0.4 is 19.5 Å². The highest BCUT2D eigenvalue weighted by molar-refractivity contribution is 7.97. The Balaban J connectivity index is 2.64. The van der Waals surface area contributed by atoms with Gasteiger partial charge >= 0.3 is 12.0 Å². The van der Waals surface area contributed by atoms with E-state index in [-0.39, 0.29) is 34.8 Å². The fourth-order valence-electron chi connectivity index (χ4n) is 2.37. The van der Waals surface area contributed by atoms with Crippen molar-refractivity contribution in [3.63, 3.8) is 0 Å². The summed E-state index contributed by atoms with van der Waals surface area (Å²) in [6.45, 7) is 1.87. The van der Waals surface area contributed by atoms with Gasteiger partial charge in [-0.3, -0.25) is 0 Å². The number of carbonyl (C=O) groups is 2. The van der Waals surface area contributed by atoms with E-state index in [0.717, 1.165) is 0 Å². The van der Waals surface area contributed by atoms with Crippen LogP contribution in [0.2, 0.25) is 0 Å². The average molecular weight is 427 g/mol. The van der Waals surface area contributed by atoms with Gasteiger partial charge in [0.2, 0.25) is 11.8 Å². The molecule has 1 aliphatic heterocycles. The topological polar surface area (TPSA) is 154 Å². The molecule has 0 saturated heterocycles. The van der Waals surface area contributed by atoms with Gasteiger partial charge in [0.1, 0.15) is 4.91 Å². The van der Waals surface area contributed by atoms with Crippen molar-refractivity contribution in [1.29, 1.82) is 0 Å². The smallest absolute Gasteiger partial charge is 0.339 e. The van der Waals surface area contributed by atoms with E-state index in [1.807, 2.05) is 0 Å². The van der Waals surface area contributed by atoms with Gasteiger partial charge in [-0.1, -0.05) is 0 Å². The van der Waals surface area contributed by atoms with Crippen LogP contribution in [0.5, 0.6) is 11.8 Å². The summed E-state index contributed by atoms with van der Waals surface area (Å²) >= 11 is 0. The number of aromatic nitrogens is 2. The largest absolute Gasteiger partial charge is 0.481 e. The predicted octanol–water partition coefficient (Wildman–Crippen LogP) is -0.0150. The Morgan fingerprint density at radius 2 is 1.83 bits per heavy atom. The Bertz CT molecular complexity index is 952. The van der Waals surface area contributed by atoms with E-state index in [2.05, 4.69) is 9.97 Å². The first-order valence-electron chi connectivity index (χ1n) is 8.27. The van der Waals surface area contributed by atoms with Crippen molar-refractivity contribution >= 4 is 28.0 Å².